The first-order valence-corrected chi connectivity index (χ1v) is 12.5. The van der Waals surface area contributed by atoms with Crippen LogP contribution in [-0.4, -0.2) is 54.0 Å². The normalized spacial score (nSPS) is 14.3. The van der Waals surface area contributed by atoms with Gasteiger partial charge in [-0.3, -0.25) is 4.79 Å². The zero-order chi connectivity index (χ0) is 25.4. The monoisotopic (exact) mass is 499 g/mol. The molecule has 2 N–H and O–H groups in total. The standard InChI is InChI=1S/C29H30ClN5O/c1-5-25(36)32-24-16-21(7-6-18(24)2)27-26-19(3)23(30)17-31-29(26)33-28(27)20-8-10-22(11-9-20)35-14-12-34(4)13-15-35/h5-11,16-17H,1,12-15H2,2-4H3,(H,31,33)(H,32,36). The number of nitrogens with one attached hydrogen (secondary N) is 2. The Morgan fingerprint density at radius 3 is 2.47 bits per heavy atom. The molecule has 4 aromatic rings. The molecule has 184 valence electrons. The van der Waals surface area contributed by atoms with E-state index in [4.69, 9.17) is 11.6 Å². The molecule has 0 aliphatic carbocycles. The van der Waals surface area contributed by atoms with Crippen molar-refractivity contribution in [1.82, 2.24) is 14.9 Å². The van der Waals surface area contributed by atoms with E-state index in [1.165, 1.54) is 11.8 Å². The van der Waals surface area contributed by atoms with Gasteiger partial charge >= 0.3 is 0 Å². The summed E-state index contributed by atoms with van der Waals surface area (Å²) in [6, 6.07) is 14.8. The van der Waals surface area contributed by atoms with Gasteiger partial charge in [0.2, 0.25) is 5.91 Å². The molecule has 5 rings (SSSR count). The highest BCUT2D eigenvalue weighted by Gasteiger charge is 2.21. The van der Waals surface area contributed by atoms with Gasteiger partial charge in [-0.1, -0.05) is 42.4 Å². The van der Waals surface area contributed by atoms with Gasteiger partial charge in [0.05, 0.1) is 10.7 Å². The van der Waals surface area contributed by atoms with Gasteiger partial charge in [-0.25, -0.2) is 4.98 Å². The van der Waals surface area contributed by atoms with E-state index in [1.54, 1.807) is 6.20 Å². The lowest BCUT2D eigenvalue weighted by Crippen LogP contribution is -2.44. The SMILES string of the molecule is C=CC(=O)Nc1cc(-c2c(-c3ccc(N4CCN(C)CC4)cc3)[nH]c3ncc(Cl)c(C)c23)ccc1C. The largest absolute Gasteiger partial charge is 0.369 e. The van der Waals surface area contributed by atoms with Gasteiger partial charge in [0, 0.05) is 54.7 Å². The molecule has 7 heteroatoms. The number of carbonyl (C=O) groups is 1. The van der Waals surface area contributed by atoms with Gasteiger partial charge in [0.25, 0.3) is 0 Å². The maximum Gasteiger partial charge on any atom is 0.247 e. The van der Waals surface area contributed by atoms with E-state index in [0.29, 0.717) is 5.02 Å². The summed E-state index contributed by atoms with van der Waals surface area (Å²) >= 11 is 6.51. The number of anilines is 2. The lowest BCUT2D eigenvalue weighted by Gasteiger charge is -2.34. The van der Waals surface area contributed by atoms with Crippen LogP contribution in [0.5, 0.6) is 0 Å². The predicted octanol–water partition coefficient (Wildman–Crippen LogP) is 6.04. The van der Waals surface area contributed by atoms with E-state index in [-0.39, 0.29) is 5.91 Å². The molecule has 1 aliphatic rings. The smallest absolute Gasteiger partial charge is 0.247 e. The summed E-state index contributed by atoms with van der Waals surface area (Å²) in [6.07, 6.45) is 2.96. The Balaban J connectivity index is 1.63. The molecule has 0 unspecified atom stereocenters. The Hall–Kier alpha value is -3.61. The summed E-state index contributed by atoms with van der Waals surface area (Å²) in [5.74, 6) is -0.241. The summed E-state index contributed by atoms with van der Waals surface area (Å²) < 4.78 is 0. The minimum Gasteiger partial charge on any atom is -0.369 e. The second kappa shape index (κ2) is 9.80. The van der Waals surface area contributed by atoms with Crippen LogP contribution in [0.25, 0.3) is 33.4 Å². The number of piperazine rings is 1. The average molecular weight is 500 g/mol. The average Bonchev–Trinajstić information content (AvgIpc) is 3.28. The highest BCUT2D eigenvalue weighted by atomic mass is 35.5. The van der Waals surface area contributed by atoms with Crippen molar-refractivity contribution in [2.24, 2.45) is 0 Å². The molecule has 2 aromatic heterocycles. The molecule has 0 saturated carbocycles. The maximum absolute atomic E-state index is 12.0. The zero-order valence-corrected chi connectivity index (χ0v) is 21.6. The van der Waals surface area contributed by atoms with Crippen LogP contribution >= 0.6 is 11.6 Å². The number of fused-ring (bicyclic) bond motifs is 1. The van der Waals surface area contributed by atoms with Crippen LogP contribution in [-0.2, 0) is 4.79 Å². The highest BCUT2D eigenvalue weighted by Crippen LogP contribution is 2.42. The third-order valence-corrected chi connectivity index (χ3v) is 7.40. The number of carbonyl (C=O) groups excluding carboxylic acids is 1. The van der Waals surface area contributed by atoms with E-state index in [0.717, 1.165) is 76.4 Å². The number of hydrogen-bond donors (Lipinski definition) is 2. The molecule has 3 heterocycles. The van der Waals surface area contributed by atoms with Gasteiger partial charge in [-0.05, 0) is 67.4 Å². The van der Waals surface area contributed by atoms with E-state index in [1.807, 2.05) is 26.0 Å². The summed E-state index contributed by atoms with van der Waals surface area (Å²) in [5.41, 5.74) is 8.71. The minimum absolute atomic E-state index is 0.241. The molecule has 1 saturated heterocycles. The number of aryl methyl sites for hydroxylation is 2. The first-order chi connectivity index (χ1) is 17.4. The molecule has 0 atom stereocenters. The van der Waals surface area contributed by atoms with Crippen molar-refractivity contribution in [3.05, 3.63) is 77.5 Å². The predicted molar refractivity (Wildman–Crippen MR) is 150 cm³/mol. The molecule has 1 amide bonds. The lowest BCUT2D eigenvalue weighted by molar-refractivity contribution is -0.111. The Bertz CT molecular complexity index is 1450. The number of likely N-dealkylation sites (N-methyl/N-ethyl adjacent to an activating group) is 1. The van der Waals surface area contributed by atoms with Crippen molar-refractivity contribution >= 4 is 39.9 Å². The van der Waals surface area contributed by atoms with Crippen LogP contribution < -0.4 is 10.2 Å². The fourth-order valence-electron chi connectivity index (χ4n) is 4.79. The zero-order valence-electron chi connectivity index (χ0n) is 20.9. The molecular formula is C29H30ClN5O. The molecule has 6 nitrogen and oxygen atoms in total. The van der Waals surface area contributed by atoms with Gasteiger partial charge < -0.3 is 20.1 Å². The van der Waals surface area contributed by atoms with Crippen molar-refractivity contribution < 1.29 is 4.79 Å². The number of amides is 1. The summed E-state index contributed by atoms with van der Waals surface area (Å²) in [6.45, 7) is 11.7. The Morgan fingerprint density at radius 1 is 1.08 bits per heavy atom. The molecular weight excluding hydrogens is 470 g/mol. The number of H-pyrrole nitrogens is 1. The maximum atomic E-state index is 12.0. The van der Waals surface area contributed by atoms with E-state index in [9.17, 15) is 4.79 Å². The molecule has 2 aromatic carbocycles. The molecule has 0 bridgehead atoms. The lowest BCUT2D eigenvalue weighted by atomic mass is 9.95. The number of pyridine rings is 1. The Kier molecular flexibility index (Phi) is 6.56. The van der Waals surface area contributed by atoms with Crippen LogP contribution in [0, 0.1) is 13.8 Å². The van der Waals surface area contributed by atoms with Gasteiger partial charge in [-0.15, -0.1) is 0 Å². The second-order valence-electron chi connectivity index (χ2n) is 9.39. The topological polar surface area (TPSA) is 64.3 Å². The molecule has 1 aliphatic heterocycles. The van der Waals surface area contributed by atoms with Crippen molar-refractivity contribution in [2.75, 3.05) is 43.4 Å². The van der Waals surface area contributed by atoms with E-state index < -0.39 is 0 Å². The molecule has 1 fully saturated rings. The fraction of sp³-hybridized carbons (Fsp3) is 0.241. The second-order valence-corrected chi connectivity index (χ2v) is 9.80. The molecule has 0 spiro atoms. The van der Waals surface area contributed by atoms with Crippen molar-refractivity contribution in [3.63, 3.8) is 0 Å². The van der Waals surface area contributed by atoms with E-state index >= 15 is 0 Å². The number of aromatic amines is 1. The van der Waals surface area contributed by atoms with Crippen LogP contribution in [0.2, 0.25) is 5.02 Å². The van der Waals surface area contributed by atoms with Crippen LogP contribution in [0.1, 0.15) is 11.1 Å². The number of nitrogens with zero attached hydrogens (tertiary/aromatic N) is 3. The van der Waals surface area contributed by atoms with Gasteiger partial charge in [-0.2, -0.15) is 0 Å². The number of benzene rings is 2. The van der Waals surface area contributed by atoms with Crippen molar-refractivity contribution in [3.8, 4) is 22.4 Å². The number of halogens is 1. The number of aromatic nitrogens is 2. The minimum atomic E-state index is -0.241. The summed E-state index contributed by atoms with van der Waals surface area (Å²) in [7, 11) is 2.17. The Morgan fingerprint density at radius 2 is 1.78 bits per heavy atom. The van der Waals surface area contributed by atoms with Crippen LogP contribution in [0.3, 0.4) is 0 Å². The summed E-state index contributed by atoms with van der Waals surface area (Å²) in [4.78, 5) is 25.0. The number of rotatable bonds is 5. The highest BCUT2D eigenvalue weighted by molar-refractivity contribution is 6.32. The third kappa shape index (κ3) is 4.50. The summed E-state index contributed by atoms with van der Waals surface area (Å²) in [5, 5.41) is 4.52. The molecule has 36 heavy (non-hydrogen) atoms. The third-order valence-electron chi connectivity index (χ3n) is 7.01. The van der Waals surface area contributed by atoms with Crippen molar-refractivity contribution in [1.29, 1.82) is 0 Å². The molecule has 0 radical (unpaired) electrons. The fourth-order valence-corrected chi connectivity index (χ4v) is 4.93. The van der Waals surface area contributed by atoms with Crippen LogP contribution in [0.15, 0.2) is 61.3 Å². The first kappa shape index (κ1) is 24.1. The van der Waals surface area contributed by atoms with E-state index in [2.05, 4.69) is 69.0 Å². The van der Waals surface area contributed by atoms with Crippen LogP contribution in [0.4, 0.5) is 11.4 Å². The number of hydrogen-bond acceptors (Lipinski definition) is 4. The quantitative estimate of drug-likeness (QED) is 0.328. The Labute approximate surface area is 216 Å². The van der Waals surface area contributed by atoms with Crippen molar-refractivity contribution in [2.45, 2.75) is 13.8 Å². The van der Waals surface area contributed by atoms with Gasteiger partial charge in [0.15, 0.2) is 0 Å². The van der Waals surface area contributed by atoms with Gasteiger partial charge in [0.1, 0.15) is 5.65 Å². The first-order valence-electron chi connectivity index (χ1n) is 12.1.